The number of carbonyl (C=O) groups excluding carboxylic acids is 1. The summed E-state index contributed by atoms with van der Waals surface area (Å²) in [5.74, 6) is 0.159. The Morgan fingerprint density at radius 3 is 2.71 bits per heavy atom. The van der Waals surface area contributed by atoms with E-state index >= 15 is 0 Å². The first kappa shape index (κ1) is 12.0. The summed E-state index contributed by atoms with van der Waals surface area (Å²) in [6.45, 7) is 4.91. The first-order chi connectivity index (χ1) is 8.13. The van der Waals surface area contributed by atoms with Crippen molar-refractivity contribution in [1.82, 2.24) is 4.90 Å². The van der Waals surface area contributed by atoms with E-state index < -0.39 is 0 Å². The molecule has 17 heavy (non-hydrogen) atoms. The zero-order valence-corrected chi connectivity index (χ0v) is 10.6. The minimum Gasteiger partial charge on any atom is -0.399 e. The summed E-state index contributed by atoms with van der Waals surface area (Å²) in [7, 11) is 0. The third-order valence-corrected chi connectivity index (χ3v) is 3.19. The molecule has 1 aliphatic carbocycles. The Labute approximate surface area is 103 Å². The van der Waals surface area contributed by atoms with Crippen LogP contribution in [0.15, 0.2) is 18.2 Å². The molecule has 1 saturated carbocycles. The van der Waals surface area contributed by atoms with Crippen molar-refractivity contribution < 1.29 is 4.79 Å². The summed E-state index contributed by atoms with van der Waals surface area (Å²) >= 11 is 0. The summed E-state index contributed by atoms with van der Waals surface area (Å²) in [4.78, 5) is 14.4. The number of hydrogen-bond acceptors (Lipinski definition) is 2. The smallest absolute Gasteiger partial charge is 0.254 e. The number of rotatable bonds is 4. The maximum Gasteiger partial charge on any atom is 0.254 e. The third kappa shape index (κ3) is 2.60. The Kier molecular flexibility index (Phi) is 3.36. The molecule has 0 radical (unpaired) electrons. The van der Waals surface area contributed by atoms with Crippen molar-refractivity contribution in [2.75, 3.05) is 12.3 Å². The highest BCUT2D eigenvalue weighted by molar-refractivity contribution is 5.96. The lowest BCUT2D eigenvalue weighted by atomic mass is 10.1. The Balaban J connectivity index is 2.22. The standard InChI is InChI=1S/C14H20N2O/c1-3-8-16(12-5-6-12)14(17)13-7-4-11(15)9-10(13)2/h4,7,9,12H,3,5-6,8,15H2,1-2H3. The highest BCUT2D eigenvalue weighted by atomic mass is 16.2. The van der Waals surface area contributed by atoms with Crippen molar-refractivity contribution in [3.05, 3.63) is 29.3 Å². The van der Waals surface area contributed by atoms with Crippen LogP contribution in [0.1, 0.15) is 42.1 Å². The van der Waals surface area contributed by atoms with Gasteiger partial charge in [-0.2, -0.15) is 0 Å². The van der Waals surface area contributed by atoms with E-state index in [2.05, 4.69) is 6.92 Å². The predicted molar refractivity (Wildman–Crippen MR) is 69.9 cm³/mol. The Morgan fingerprint density at radius 1 is 1.47 bits per heavy atom. The van der Waals surface area contributed by atoms with Gasteiger partial charge in [0, 0.05) is 23.8 Å². The van der Waals surface area contributed by atoms with Gasteiger partial charge in [0.2, 0.25) is 0 Å². The second kappa shape index (κ2) is 4.78. The average Bonchev–Trinajstić information content (AvgIpc) is 3.09. The molecule has 0 aromatic heterocycles. The number of anilines is 1. The molecule has 2 rings (SSSR count). The molecule has 1 aromatic rings. The summed E-state index contributed by atoms with van der Waals surface area (Å²) < 4.78 is 0. The number of amides is 1. The molecule has 1 aliphatic rings. The fourth-order valence-corrected chi connectivity index (χ4v) is 2.16. The van der Waals surface area contributed by atoms with Gasteiger partial charge in [-0.1, -0.05) is 6.92 Å². The van der Waals surface area contributed by atoms with Gasteiger partial charge in [0.1, 0.15) is 0 Å². The molecule has 0 spiro atoms. The van der Waals surface area contributed by atoms with Gasteiger partial charge in [0.25, 0.3) is 5.91 Å². The second-order valence-electron chi connectivity index (χ2n) is 4.80. The predicted octanol–water partition coefficient (Wildman–Crippen LogP) is 2.59. The molecule has 0 heterocycles. The van der Waals surface area contributed by atoms with Crippen LogP contribution in [-0.4, -0.2) is 23.4 Å². The maximum atomic E-state index is 12.4. The summed E-state index contributed by atoms with van der Waals surface area (Å²) in [5.41, 5.74) is 8.19. The summed E-state index contributed by atoms with van der Waals surface area (Å²) in [5, 5.41) is 0. The molecular weight excluding hydrogens is 212 g/mol. The lowest BCUT2D eigenvalue weighted by Gasteiger charge is -2.22. The van der Waals surface area contributed by atoms with E-state index in [0.29, 0.717) is 11.7 Å². The minimum absolute atomic E-state index is 0.159. The van der Waals surface area contributed by atoms with E-state index in [0.717, 1.165) is 36.9 Å². The van der Waals surface area contributed by atoms with Crippen LogP contribution in [0.3, 0.4) is 0 Å². The van der Waals surface area contributed by atoms with Gasteiger partial charge in [-0.3, -0.25) is 4.79 Å². The maximum absolute atomic E-state index is 12.4. The van der Waals surface area contributed by atoms with Gasteiger partial charge in [-0.15, -0.1) is 0 Å². The van der Waals surface area contributed by atoms with Crippen LogP contribution < -0.4 is 5.73 Å². The Hall–Kier alpha value is -1.51. The van der Waals surface area contributed by atoms with Crippen LogP contribution in [0, 0.1) is 6.92 Å². The largest absolute Gasteiger partial charge is 0.399 e. The van der Waals surface area contributed by atoms with E-state index in [1.165, 1.54) is 0 Å². The molecule has 3 nitrogen and oxygen atoms in total. The van der Waals surface area contributed by atoms with E-state index in [9.17, 15) is 4.79 Å². The van der Waals surface area contributed by atoms with Crippen molar-refractivity contribution in [2.45, 2.75) is 39.2 Å². The van der Waals surface area contributed by atoms with Gasteiger partial charge < -0.3 is 10.6 Å². The molecule has 0 aliphatic heterocycles. The van der Waals surface area contributed by atoms with E-state index in [-0.39, 0.29) is 5.91 Å². The number of nitrogens with two attached hydrogens (primary N) is 1. The number of benzene rings is 1. The van der Waals surface area contributed by atoms with Crippen LogP contribution in [0.4, 0.5) is 5.69 Å². The lowest BCUT2D eigenvalue weighted by molar-refractivity contribution is 0.0742. The molecular formula is C14H20N2O. The third-order valence-electron chi connectivity index (χ3n) is 3.19. The van der Waals surface area contributed by atoms with Gasteiger partial charge in [0.05, 0.1) is 0 Å². The molecule has 1 fully saturated rings. The van der Waals surface area contributed by atoms with E-state index in [1.54, 1.807) is 6.07 Å². The molecule has 3 heteroatoms. The molecule has 0 unspecified atom stereocenters. The van der Waals surface area contributed by atoms with Gasteiger partial charge in [-0.05, 0) is 49.9 Å². The van der Waals surface area contributed by atoms with Crippen LogP contribution in [0.2, 0.25) is 0 Å². The highest BCUT2D eigenvalue weighted by Gasteiger charge is 2.32. The van der Waals surface area contributed by atoms with Crippen molar-refractivity contribution >= 4 is 11.6 Å². The zero-order valence-electron chi connectivity index (χ0n) is 10.6. The number of aryl methyl sites for hydroxylation is 1. The van der Waals surface area contributed by atoms with Crippen LogP contribution in [0.25, 0.3) is 0 Å². The van der Waals surface area contributed by atoms with Crippen LogP contribution in [-0.2, 0) is 0 Å². The number of nitrogens with zero attached hydrogens (tertiary/aromatic N) is 1. The van der Waals surface area contributed by atoms with Crippen LogP contribution in [0.5, 0.6) is 0 Å². The Morgan fingerprint density at radius 2 is 2.18 bits per heavy atom. The lowest BCUT2D eigenvalue weighted by Crippen LogP contribution is -2.34. The van der Waals surface area contributed by atoms with Gasteiger partial charge >= 0.3 is 0 Å². The van der Waals surface area contributed by atoms with E-state index in [1.807, 2.05) is 24.0 Å². The quantitative estimate of drug-likeness (QED) is 0.811. The number of carbonyl (C=O) groups is 1. The fraction of sp³-hybridized carbons (Fsp3) is 0.500. The molecule has 92 valence electrons. The average molecular weight is 232 g/mol. The van der Waals surface area contributed by atoms with Crippen molar-refractivity contribution in [3.8, 4) is 0 Å². The number of nitrogen functional groups attached to an aromatic ring is 1. The monoisotopic (exact) mass is 232 g/mol. The SMILES string of the molecule is CCCN(C(=O)c1ccc(N)cc1C)C1CC1. The number of hydrogen-bond donors (Lipinski definition) is 1. The molecule has 1 amide bonds. The first-order valence-corrected chi connectivity index (χ1v) is 6.30. The molecule has 0 atom stereocenters. The molecule has 1 aromatic carbocycles. The van der Waals surface area contributed by atoms with Crippen molar-refractivity contribution in [2.24, 2.45) is 0 Å². The molecule has 0 bridgehead atoms. The van der Waals surface area contributed by atoms with E-state index in [4.69, 9.17) is 5.73 Å². The summed E-state index contributed by atoms with van der Waals surface area (Å²) in [6, 6.07) is 5.99. The van der Waals surface area contributed by atoms with Gasteiger partial charge in [0.15, 0.2) is 0 Å². The van der Waals surface area contributed by atoms with Crippen molar-refractivity contribution in [3.63, 3.8) is 0 Å². The second-order valence-corrected chi connectivity index (χ2v) is 4.80. The minimum atomic E-state index is 0.159. The van der Waals surface area contributed by atoms with Crippen LogP contribution >= 0.6 is 0 Å². The van der Waals surface area contributed by atoms with Gasteiger partial charge in [-0.25, -0.2) is 0 Å². The first-order valence-electron chi connectivity index (χ1n) is 6.30. The molecule has 0 saturated heterocycles. The highest BCUT2D eigenvalue weighted by Crippen LogP contribution is 2.29. The molecule has 2 N–H and O–H groups in total. The summed E-state index contributed by atoms with van der Waals surface area (Å²) in [6.07, 6.45) is 3.32. The van der Waals surface area contributed by atoms with Crippen molar-refractivity contribution in [1.29, 1.82) is 0 Å². The normalized spacial score (nSPS) is 14.7. The zero-order chi connectivity index (χ0) is 12.4. The Bertz CT molecular complexity index is 424. The fourth-order valence-electron chi connectivity index (χ4n) is 2.16. The topological polar surface area (TPSA) is 46.3 Å².